The van der Waals surface area contributed by atoms with Crippen molar-refractivity contribution in [3.05, 3.63) is 48.0 Å². The smallest absolute Gasteiger partial charge is 0.309 e. The molecule has 0 saturated heterocycles. The fourth-order valence-corrected chi connectivity index (χ4v) is 2.90. The first-order chi connectivity index (χ1) is 13.2. The maximum Gasteiger partial charge on any atom is 0.309 e. The molecule has 1 heterocycles. The Balaban J connectivity index is 2.11. The first-order valence-corrected chi connectivity index (χ1v) is 9.62. The van der Waals surface area contributed by atoms with Crippen molar-refractivity contribution in [1.82, 2.24) is 5.32 Å². The Labute approximate surface area is 166 Å². The minimum absolute atomic E-state index is 0.0170. The van der Waals surface area contributed by atoms with Gasteiger partial charge in [0, 0.05) is 6.42 Å². The molecule has 0 bridgehead atoms. The third-order valence-electron chi connectivity index (χ3n) is 4.22. The lowest BCUT2D eigenvalue weighted by atomic mass is 10.00. The number of rotatable bonds is 3. The van der Waals surface area contributed by atoms with Crippen LogP contribution in [0.1, 0.15) is 58.1 Å². The van der Waals surface area contributed by atoms with E-state index in [4.69, 9.17) is 9.47 Å². The van der Waals surface area contributed by atoms with E-state index in [1.54, 1.807) is 20.8 Å². The van der Waals surface area contributed by atoms with E-state index in [1.165, 1.54) is 0 Å². The molecule has 0 radical (unpaired) electrons. The van der Waals surface area contributed by atoms with Gasteiger partial charge in [0.25, 0.3) is 0 Å². The number of carbonyl (C=O) groups excluding carboxylic acids is 3. The molecule has 28 heavy (non-hydrogen) atoms. The molecule has 0 fully saturated rings. The van der Waals surface area contributed by atoms with Gasteiger partial charge in [-0.15, -0.1) is 0 Å². The number of hydrogen-bond donors (Lipinski definition) is 1. The van der Waals surface area contributed by atoms with Crippen LogP contribution in [0.4, 0.5) is 0 Å². The summed E-state index contributed by atoms with van der Waals surface area (Å²) in [6.45, 7) is 5.38. The van der Waals surface area contributed by atoms with E-state index in [9.17, 15) is 14.4 Å². The molecule has 1 aromatic rings. The number of nitrogens with one attached hydrogen (secondary N) is 1. The number of ether oxygens (including phenoxy) is 2. The Morgan fingerprint density at radius 3 is 2.57 bits per heavy atom. The van der Waals surface area contributed by atoms with Crippen LogP contribution in [0.15, 0.2) is 42.5 Å². The maximum absolute atomic E-state index is 12.6. The van der Waals surface area contributed by atoms with Gasteiger partial charge in [-0.1, -0.05) is 42.5 Å². The highest BCUT2D eigenvalue weighted by atomic mass is 16.6. The van der Waals surface area contributed by atoms with Crippen molar-refractivity contribution in [2.45, 2.75) is 58.1 Å². The van der Waals surface area contributed by atoms with Crippen LogP contribution in [0.5, 0.6) is 0 Å². The summed E-state index contributed by atoms with van der Waals surface area (Å²) in [4.78, 5) is 36.9. The molecule has 0 unspecified atom stereocenters. The van der Waals surface area contributed by atoms with Gasteiger partial charge >= 0.3 is 11.9 Å². The SMILES string of the molecule is CC(C)(C)OC(=O)C[C@@H]1CC=CCCC(=O)N[C@@H](c2ccccc2)COC1=O. The molecule has 0 aliphatic carbocycles. The molecular formula is C22H29NO5. The van der Waals surface area contributed by atoms with Crippen LogP contribution in [-0.2, 0) is 23.9 Å². The van der Waals surface area contributed by atoms with E-state index >= 15 is 0 Å². The number of hydrogen-bond acceptors (Lipinski definition) is 5. The summed E-state index contributed by atoms with van der Waals surface area (Å²) in [5.74, 6) is -1.60. The van der Waals surface area contributed by atoms with Crippen LogP contribution in [0, 0.1) is 5.92 Å². The van der Waals surface area contributed by atoms with Gasteiger partial charge in [-0.3, -0.25) is 14.4 Å². The number of amides is 1. The van der Waals surface area contributed by atoms with Crippen LogP contribution in [-0.4, -0.2) is 30.1 Å². The summed E-state index contributed by atoms with van der Waals surface area (Å²) in [6.07, 6.45) is 4.93. The normalized spacial score (nSPS) is 21.7. The lowest BCUT2D eigenvalue weighted by molar-refractivity contribution is -0.161. The van der Waals surface area contributed by atoms with Gasteiger partial charge in [0.05, 0.1) is 18.4 Å². The van der Waals surface area contributed by atoms with E-state index in [0.717, 1.165) is 5.56 Å². The minimum Gasteiger partial charge on any atom is -0.463 e. The van der Waals surface area contributed by atoms with Crippen molar-refractivity contribution in [3.8, 4) is 0 Å². The molecule has 1 amide bonds. The zero-order valence-corrected chi connectivity index (χ0v) is 16.8. The predicted molar refractivity (Wildman–Crippen MR) is 105 cm³/mol. The Kier molecular flexibility index (Phi) is 7.79. The van der Waals surface area contributed by atoms with Gasteiger partial charge in [0.2, 0.25) is 5.91 Å². The summed E-state index contributed by atoms with van der Waals surface area (Å²) in [5.41, 5.74) is 0.255. The molecule has 6 nitrogen and oxygen atoms in total. The molecule has 0 saturated carbocycles. The quantitative estimate of drug-likeness (QED) is 0.634. The third kappa shape index (κ3) is 7.55. The standard InChI is InChI=1S/C22H29NO5/c1-22(2,3)28-20(25)14-17-12-8-5-9-13-19(24)23-18(15-27-21(17)26)16-10-6-4-7-11-16/h4-8,10-11,17-18H,9,12-15H2,1-3H3,(H,23,24)/t17-,18+/m0/s1. The van der Waals surface area contributed by atoms with E-state index in [1.807, 2.05) is 42.5 Å². The molecule has 6 heteroatoms. The summed E-state index contributed by atoms with van der Waals surface area (Å²) in [6, 6.07) is 8.95. The average molecular weight is 387 g/mol. The molecule has 1 aliphatic rings. The Bertz CT molecular complexity index is 705. The topological polar surface area (TPSA) is 81.7 Å². The highest BCUT2D eigenvalue weighted by molar-refractivity contribution is 5.80. The molecule has 0 spiro atoms. The van der Waals surface area contributed by atoms with Crippen molar-refractivity contribution in [1.29, 1.82) is 0 Å². The summed E-state index contributed by atoms with van der Waals surface area (Å²) in [5, 5.41) is 2.92. The van der Waals surface area contributed by atoms with Crippen LogP contribution in [0.2, 0.25) is 0 Å². The van der Waals surface area contributed by atoms with Crippen molar-refractivity contribution < 1.29 is 23.9 Å². The van der Waals surface area contributed by atoms with E-state index in [0.29, 0.717) is 19.3 Å². The van der Waals surface area contributed by atoms with Gasteiger partial charge in [-0.25, -0.2) is 0 Å². The van der Waals surface area contributed by atoms with E-state index in [-0.39, 0.29) is 18.9 Å². The maximum atomic E-state index is 12.6. The second-order valence-electron chi connectivity index (χ2n) is 7.89. The molecule has 1 N–H and O–H groups in total. The van der Waals surface area contributed by atoms with Gasteiger partial charge in [0.1, 0.15) is 12.2 Å². The summed E-state index contributed by atoms with van der Waals surface area (Å²) < 4.78 is 10.8. The van der Waals surface area contributed by atoms with Crippen molar-refractivity contribution in [2.24, 2.45) is 5.92 Å². The highest BCUT2D eigenvalue weighted by Crippen LogP contribution is 2.20. The van der Waals surface area contributed by atoms with Crippen LogP contribution in [0.25, 0.3) is 0 Å². The number of cyclic esters (lactones) is 1. The van der Waals surface area contributed by atoms with E-state index < -0.39 is 29.5 Å². The van der Waals surface area contributed by atoms with Crippen LogP contribution < -0.4 is 5.32 Å². The number of benzene rings is 1. The van der Waals surface area contributed by atoms with Crippen LogP contribution in [0.3, 0.4) is 0 Å². The molecule has 1 aromatic carbocycles. The third-order valence-corrected chi connectivity index (χ3v) is 4.22. The first-order valence-electron chi connectivity index (χ1n) is 9.62. The molecule has 1 aliphatic heterocycles. The van der Waals surface area contributed by atoms with Gasteiger partial charge in [-0.05, 0) is 39.2 Å². The Hall–Kier alpha value is -2.63. The lowest BCUT2D eigenvalue weighted by Gasteiger charge is -2.23. The molecule has 152 valence electrons. The van der Waals surface area contributed by atoms with Gasteiger partial charge < -0.3 is 14.8 Å². The Morgan fingerprint density at radius 1 is 1.18 bits per heavy atom. The zero-order valence-electron chi connectivity index (χ0n) is 16.8. The van der Waals surface area contributed by atoms with Gasteiger partial charge in [-0.2, -0.15) is 0 Å². The van der Waals surface area contributed by atoms with Crippen molar-refractivity contribution in [2.75, 3.05) is 6.61 Å². The second-order valence-corrected chi connectivity index (χ2v) is 7.89. The monoisotopic (exact) mass is 387 g/mol. The molecule has 0 aromatic heterocycles. The summed E-state index contributed by atoms with van der Waals surface area (Å²) >= 11 is 0. The molecular weight excluding hydrogens is 358 g/mol. The van der Waals surface area contributed by atoms with Gasteiger partial charge in [0.15, 0.2) is 0 Å². The molecule has 2 atom stereocenters. The minimum atomic E-state index is -0.613. The summed E-state index contributed by atoms with van der Waals surface area (Å²) in [7, 11) is 0. The predicted octanol–water partition coefficient (Wildman–Crippen LogP) is 3.48. The highest BCUT2D eigenvalue weighted by Gasteiger charge is 2.27. The second kappa shape index (κ2) is 10.1. The fourth-order valence-electron chi connectivity index (χ4n) is 2.90. The largest absolute Gasteiger partial charge is 0.463 e. The van der Waals surface area contributed by atoms with Crippen LogP contribution >= 0.6 is 0 Å². The zero-order chi connectivity index (χ0) is 20.6. The number of allylic oxidation sites excluding steroid dienone is 2. The number of carbonyl (C=O) groups is 3. The van der Waals surface area contributed by atoms with E-state index in [2.05, 4.69) is 5.32 Å². The fraction of sp³-hybridized carbons (Fsp3) is 0.500. The number of esters is 2. The first kappa shape index (κ1) is 21.7. The lowest BCUT2D eigenvalue weighted by Crippen LogP contribution is -2.34. The molecule has 2 rings (SSSR count). The van der Waals surface area contributed by atoms with Crippen molar-refractivity contribution in [3.63, 3.8) is 0 Å². The van der Waals surface area contributed by atoms with Crippen molar-refractivity contribution >= 4 is 17.8 Å². The average Bonchev–Trinajstić information content (AvgIpc) is 2.62. The Morgan fingerprint density at radius 2 is 1.89 bits per heavy atom.